The van der Waals surface area contributed by atoms with Crippen molar-refractivity contribution in [3.8, 4) is 0 Å². The molecule has 1 aromatic carbocycles. The van der Waals surface area contributed by atoms with Gasteiger partial charge in [0.2, 0.25) is 10.0 Å². The average Bonchev–Trinajstić information content (AvgIpc) is 2.95. The van der Waals surface area contributed by atoms with Crippen LogP contribution in [0.1, 0.15) is 32.3 Å². The lowest BCUT2D eigenvalue weighted by Crippen LogP contribution is -2.29. The van der Waals surface area contributed by atoms with Gasteiger partial charge in [-0.25, -0.2) is 8.42 Å². The van der Waals surface area contributed by atoms with E-state index in [4.69, 9.17) is 11.6 Å². The van der Waals surface area contributed by atoms with Crippen molar-refractivity contribution in [1.82, 2.24) is 9.62 Å². The van der Waals surface area contributed by atoms with Gasteiger partial charge in [0.25, 0.3) is 0 Å². The van der Waals surface area contributed by atoms with E-state index in [1.165, 1.54) is 0 Å². The van der Waals surface area contributed by atoms with Crippen molar-refractivity contribution < 1.29 is 8.42 Å². The first-order chi connectivity index (χ1) is 9.98. The second-order valence-electron chi connectivity index (χ2n) is 5.46. The monoisotopic (exact) mass is 330 g/mol. The summed E-state index contributed by atoms with van der Waals surface area (Å²) in [5.74, 6) is 0.475. The summed E-state index contributed by atoms with van der Waals surface area (Å²) in [6, 6.07) is 5.03. The normalized spacial score (nSPS) is 20.0. The highest BCUT2D eigenvalue weighted by molar-refractivity contribution is 7.89. The Morgan fingerprint density at radius 2 is 2.14 bits per heavy atom. The molecule has 1 aliphatic heterocycles. The van der Waals surface area contributed by atoms with Gasteiger partial charge in [0, 0.05) is 24.7 Å². The van der Waals surface area contributed by atoms with Crippen LogP contribution in [0.4, 0.5) is 0 Å². The van der Waals surface area contributed by atoms with Crippen LogP contribution in [0.2, 0.25) is 5.02 Å². The van der Waals surface area contributed by atoms with Crippen molar-refractivity contribution in [2.45, 2.75) is 38.1 Å². The number of benzene rings is 1. The van der Waals surface area contributed by atoms with Crippen molar-refractivity contribution in [2.24, 2.45) is 5.92 Å². The highest BCUT2D eigenvalue weighted by Gasteiger charge is 2.31. The first-order valence-electron chi connectivity index (χ1n) is 7.48. The standard InChI is InChI=1S/C15H23ClN2O2S/c1-3-12-7-8-18(11-12)21(19,20)14-6-5-13(10-17-4-2)15(16)9-14/h5-6,9,12,17H,3-4,7-8,10-11H2,1-2H3. The molecule has 1 heterocycles. The van der Waals surface area contributed by atoms with Crippen molar-refractivity contribution in [2.75, 3.05) is 19.6 Å². The van der Waals surface area contributed by atoms with Gasteiger partial charge < -0.3 is 5.32 Å². The molecule has 0 amide bonds. The number of nitrogens with one attached hydrogen (secondary N) is 1. The molecular formula is C15H23ClN2O2S. The highest BCUT2D eigenvalue weighted by atomic mass is 35.5. The van der Waals surface area contributed by atoms with Crippen LogP contribution in [-0.4, -0.2) is 32.4 Å². The summed E-state index contributed by atoms with van der Waals surface area (Å²) in [6.45, 7) is 6.85. The van der Waals surface area contributed by atoms with Crippen LogP contribution in [0.5, 0.6) is 0 Å². The summed E-state index contributed by atoms with van der Waals surface area (Å²) in [5.41, 5.74) is 0.922. The van der Waals surface area contributed by atoms with Crippen LogP contribution in [0.15, 0.2) is 23.1 Å². The third-order valence-electron chi connectivity index (χ3n) is 4.05. The van der Waals surface area contributed by atoms with E-state index in [0.29, 0.717) is 35.5 Å². The molecule has 1 aliphatic rings. The Morgan fingerprint density at radius 1 is 1.38 bits per heavy atom. The van der Waals surface area contributed by atoms with Gasteiger partial charge in [-0.3, -0.25) is 0 Å². The molecule has 4 nitrogen and oxygen atoms in total. The fraction of sp³-hybridized carbons (Fsp3) is 0.600. The lowest BCUT2D eigenvalue weighted by atomic mass is 10.1. The zero-order valence-electron chi connectivity index (χ0n) is 12.6. The van der Waals surface area contributed by atoms with Gasteiger partial charge in [0.15, 0.2) is 0 Å². The topological polar surface area (TPSA) is 49.4 Å². The fourth-order valence-corrected chi connectivity index (χ4v) is 4.46. The number of sulfonamides is 1. The zero-order valence-corrected chi connectivity index (χ0v) is 14.2. The third kappa shape index (κ3) is 3.77. The van der Waals surface area contributed by atoms with E-state index < -0.39 is 10.0 Å². The minimum Gasteiger partial charge on any atom is -0.313 e. The summed E-state index contributed by atoms with van der Waals surface area (Å²) in [6.07, 6.45) is 1.97. The Hall–Kier alpha value is -0.620. The van der Waals surface area contributed by atoms with Crippen molar-refractivity contribution in [3.05, 3.63) is 28.8 Å². The molecule has 1 unspecified atom stereocenters. The maximum Gasteiger partial charge on any atom is 0.243 e. The first-order valence-corrected chi connectivity index (χ1v) is 9.30. The van der Waals surface area contributed by atoms with Gasteiger partial charge in [0.05, 0.1) is 4.90 Å². The Morgan fingerprint density at radius 3 is 2.71 bits per heavy atom. The molecule has 0 saturated carbocycles. The lowest BCUT2D eigenvalue weighted by molar-refractivity contribution is 0.453. The minimum atomic E-state index is -3.41. The van der Waals surface area contributed by atoms with Gasteiger partial charge >= 0.3 is 0 Å². The van der Waals surface area contributed by atoms with E-state index in [1.807, 2.05) is 6.92 Å². The quantitative estimate of drug-likeness (QED) is 0.872. The van der Waals surface area contributed by atoms with E-state index in [0.717, 1.165) is 24.9 Å². The number of halogens is 1. The van der Waals surface area contributed by atoms with Gasteiger partial charge in [0.1, 0.15) is 0 Å². The van der Waals surface area contributed by atoms with Gasteiger partial charge in [-0.15, -0.1) is 0 Å². The third-order valence-corrected chi connectivity index (χ3v) is 6.27. The lowest BCUT2D eigenvalue weighted by Gasteiger charge is -2.17. The SMILES string of the molecule is CCNCc1ccc(S(=O)(=O)N2CCC(CC)C2)cc1Cl. The molecule has 21 heavy (non-hydrogen) atoms. The first kappa shape index (κ1) is 16.7. The molecule has 0 radical (unpaired) electrons. The van der Waals surface area contributed by atoms with E-state index >= 15 is 0 Å². The largest absolute Gasteiger partial charge is 0.313 e. The highest BCUT2D eigenvalue weighted by Crippen LogP contribution is 2.28. The maximum absolute atomic E-state index is 12.6. The van der Waals surface area contributed by atoms with Crippen LogP contribution in [0.3, 0.4) is 0 Å². The van der Waals surface area contributed by atoms with E-state index in [2.05, 4.69) is 12.2 Å². The van der Waals surface area contributed by atoms with Crippen LogP contribution in [-0.2, 0) is 16.6 Å². The van der Waals surface area contributed by atoms with Crippen LogP contribution in [0.25, 0.3) is 0 Å². The maximum atomic E-state index is 12.6. The van der Waals surface area contributed by atoms with Crippen LogP contribution < -0.4 is 5.32 Å². The number of nitrogens with zero attached hydrogens (tertiary/aromatic N) is 1. The summed E-state index contributed by atoms with van der Waals surface area (Å²) in [7, 11) is -3.41. The molecule has 6 heteroatoms. The molecule has 0 spiro atoms. The summed E-state index contributed by atoms with van der Waals surface area (Å²) < 4.78 is 26.8. The minimum absolute atomic E-state index is 0.296. The molecular weight excluding hydrogens is 308 g/mol. The van der Waals surface area contributed by atoms with Crippen molar-refractivity contribution >= 4 is 21.6 Å². The van der Waals surface area contributed by atoms with Gasteiger partial charge in [-0.1, -0.05) is 37.9 Å². The molecule has 0 bridgehead atoms. The van der Waals surface area contributed by atoms with E-state index in [9.17, 15) is 8.42 Å². The molecule has 1 aromatic rings. The van der Waals surface area contributed by atoms with Gasteiger partial charge in [-0.05, 0) is 36.6 Å². The number of hydrogen-bond acceptors (Lipinski definition) is 3. The van der Waals surface area contributed by atoms with Crippen LogP contribution in [0, 0.1) is 5.92 Å². The Balaban J connectivity index is 2.19. The predicted molar refractivity (Wildman–Crippen MR) is 86.0 cm³/mol. The van der Waals surface area contributed by atoms with Crippen molar-refractivity contribution in [3.63, 3.8) is 0 Å². The zero-order chi connectivity index (χ0) is 15.5. The Labute approximate surface area is 132 Å². The fourth-order valence-electron chi connectivity index (χ4n) is 2.59. The Bertz CT molecular complexity index is 589. The van der Waals surface area contributed by atoms with E-state index in [-0.39, 0.29) is 0 Å². The Kier molecular flexibility index (Phi) is 5.66. The molecule has 0 aromatic heterocycles. The summed E-state index contributed by atoms with van der Waals surface area (Å²) in [5, 5.41) is 3.69. The van der Waals surface area contributed by atoms with Gasteiger partial charge in [-0.2, -0.15) is 4.31 Å². The molecule has 1 saturated heterocycles. The second-order valence-corrected chi connectivity index (χ2v) is 7.80. The molecule has 1 fully saturated rings. The summed E-state index contributed by atoms with van der Waals surface area (Å²) >= 11 is 6.21. The number of hydrogen-bond donors (Lipinski definition) is 1. The predicted octanol–water partition coefficient (Wildman–Crippen LogP) is 2.87. The number of rotatable bonds is 6. The molecule has 1 N–H and O–H groups in total. The average molecular weight is 331 g/mol. The molecule has 2 rings (SSSR count). The molecule has 0 aliphatic carbocycles. The summed E-state index contributed by atoms with van der Waals surface area (Å²) in [4.78, 5) is 0.296. The van der Waals surface area contributed by atoms with E-state index in [1.54, 1.807) is 22.5 Å². The van der Waals surface area contributed by atoms with Crippen molar-refractivity contribution in [1.29, 1.82) is 0 Å². The van der Waals surface area contributed by atoms with Crippen LogP contribution >= 0.6 is 11.6 Å². The second kappa shape index (κ2) is 7.09. The molecule has 118 valence electrons. The smallest absolute Gasteiger partial charge is 0.243 e. The molecule has 1 atom stereocenters.